The highest BCUT2D eigenvalue weighted by Gasteiger charge is 2.21. The Morgan fingerprint density at radius 1 is 0.933 bits per heavy atom. The summed E-state index contributed by atoms with van der Waals surface area (Å²) < 4.78 is 6.08. The molecule has 0 bridgehead atoms. The van der Waals surface area contributed by atoms with E-state index in [-0.39, 0.29) is 6.04 Å². The standard InChI is InChI=1S/C24H27N5O/c1-3-5-7-15-20(24-26-19-14-10-11-16-21(19)30-24)25-23-18(4-2)22(27-29-28-23)17-12-8-6-9-13-17/h6,8-14,16,20H,3-5,7,15H2,1-2H3,(H,25,27,28). The summed E-state index contributed by atoms with van der Waals surface area (Å²) >= 11 is 0. The van der Waals surface area contributed by atoms with E-state index in [2.05, 4.69) is 34.6 Å². The van der Waals surface area contributed by atoms with Crippen molar-refractivity contribution < 1.29 is 4.42 Å². The van der Waals surface area contributed by atoms with E-state index in [0.717, 1.165) is 65.8 Å². The molecule has 1 N–H and O–H groups in total. The molecule has 2 aromatic heterocycles. The Labute approximate surface area is 176 Å². The first-order chi connectivity index (χ1) is 14.8. The van der Waals surface area contributed by atoms with Crippen LogP contribution >= 0.6 is 0 Å². The van der Waals surface area contributed by atoms with Crippen LogP contribution in [-0.2, 0) is 6.42 Å². The third kappa shape index (κ3) is 4.32. The minimum absolute atomic E-state index is 0.0745. The summed E-state index contributed by atoms with van der Waals surface area (Å²) in [6.45, 7) is 4.32. The van der Waals surface area contributed by atoms with Gasteiger partial charge in [-0.15, -0.1) is 10.2 Å². The largest absolute Gasteiger partial charge is 0.438 e. The molecule has 0 saturated carbocycles. The van der Waals surface area contributed by atoms with Crippen LogP contribution in [0.25, 0.3) is 22.4 Å². The molecular formula is C24H27N5O. The van der Waals surface area contributed by atoms with Gasteiger partial charge >= 0.3 is 0 Å². The monoisotopic (exact) mass is 401 g/mol. The molecule has 2 aromatic carbocycles. The zero-order chi connectivity index (χ0) is 20.8. The Balaban J connectivity index is 1.68. The van der Waals surface area contributed by atoms with Crippen LogP contribution in [0.1, 0.15) is 57.0 Å². The van der Waals surface area contributed by atoms with E-state index in [4.69, 9.17) is 9.40 Å². The number of rotatable bonds is 9. The number of unbranched alkanes of at least 4 members (excludes halogenated alkanes) is 2. The lowest BCUT2D eigenvalue weighted by molar-refractivity contribution is 0.462. The molecule has 30 heavy (non-hydrogen) atoms. The number of benzene rings is 2. The number of nitrogens with one attached hydrogen (secondary N) is 1. The topological polar surface area (TPSA) is 76.7 Å². The van der Waals surface area contributed by atoms with Crippen molar-refractivity contribution in [2.24, 2.45) is 0 Å². The molecule has 1 atom stereocenters. The third-order valence-corrected chi connectivity index (χ3v) is 5.28. The average Bonchev–Trinajstić information content (AvgIpc) is 3.23. The highest BCUT2D eigenvalue weighted by atomic mass is 16.3. The van der Waals surface area contributed by atoms with E-state index in [0.29, 0.717) is 5.89 Å². The van der Waals surface area contributed by atoms with Gasteiger partial charge in [0.2, 0.25) is 5.89 Å². The summed E-state index contributed by atoms with van der Waals surface area (Å²) in [6.07, 6.45) is 5.11. The van der Waals surface area contributed by atoms with E-state index in [9.17, 15) is 0 Å². The van der Waals surface area contributed by atoms with Gasteiger partial charge in [-0.05, 0) is 30.2 Å². The van der Waals surface area contributed by atoms with Crippen molar-refractivity contribution in [2.45, 2.75) is 52.0 Å². The van der Waals surface area contributed by atoms with Crippen LogP contribution in [0.5, 0.6) is 0 Å². The fraction of sp³-hybridized carbons (Fsp3) is 0.333. The minimum atomic E-state index is -0.0745. The number of para-hydroxylation sites is 2. The zero-order valence-corrected chi connectivity index (χ0v) is 17.5. The lowest BCUT2D eigenvalue weighted by Crippen LogP contribution is -2.15. The van der Waals surface area contributed by atoms with Crippen LogP contribution in [0.3, 0.4) is 0 Å². The van der Waals surface area contributed by atoms with Crippen LogP contribution in [0.15, 0.2) is 59.0 Å². The van der Waals surface area contributed by atoms with Crippen molar-refractivity contribution in [3.63, 3.8) is 0 Å². The van der Waals surface area contributed by atoms with Crippen molar-refractivity contribution in [3.05, 3.63) is 66.1 Å². The molecule has 0 amide bonds. The molecule has 0 aliphatic heterocycles. The maximum absolute atomic E-state index is 6.08. The molecular weight excluding hydrogens is 374 g/mol. The summed E-state index contributed by atoms with van der Waals surface area (Å²) in [6, 6.07) is 17.9. The number of oxazole rings is 1. The third-order valence-electron chi connectivity index (χ3n) is 5.28. The Hall–Kier alpha value is -3.28. The molecule has 6 heteroatoms. The summed E-state index contributed by atoms with van der Waals surface area (Å²) in [7, 11) is 0. The van der Waals surface area contributed by atoms with Gasteiger partial charge in [0.1, 0.15) is 17.3 Å². The van der Waals surface area contributed by atoms with E-state index < -0.39 is 0 Å². The molecule has 0 aliphatic carbocycles. The molecule has 0 aliphatic rings. The van der Waals surface area contributed by atoms with Gasteiger partial charge in [0.05, 0.1) is 0 Å². The van der Waals surface area contributed by atoms with Crippen LogP contribution in [0.2, 0.25) is 0 Å². The number of anilines is 1. The molecule has 1 unspecified atom stereocenters. The van der Waals surface area contributed by atoms with Crippen molar-refractivity contribution in [1.29, 1.82) is 0 Å². The number of aromatic nitrogens is 4. The zero-order valence-electron chi connectivity index (χ0n) is 17.5. The van der Waals surface area contributed by atoms with Gasteiger partial charge in [-0.1, -0.05) is 75.6 Å². The summed E-state index contributed by atoms with van der Waals surface area (Å²) in [4.78, 5) is 4.73. The highest BCUT2D eigenvalue weighted by Crippen LogP contribution is 2.31. The van der Waals surface area contributed by atoms with Gasteiger partial charge < -0.3 is 9.73 Å². The predicted octanol–water partition coefficient (Wildman–Crippen LogP) is 5.98. The second-order valence-electron chi connectivity index (χ2n) is 7.40. The van der Waals surface area contributed by atoms with E-state index in [1.165, 1.54) is 0 Å². The van der Waals surface area contributed by atoms with Gasteiger partial charge in [0.25, 0.3) is 0 Å². The minimum Gasteiger partial charge on any atom is -0.438 e. The maximum Gasteiger partial charge on any atom is 0.218 e. The molecule has 6 nitrogen and oxygen atoms in total. The van der Waals surface area contributed by atoms with Crippen molar-refractivity contribution in [2.75, 3.05) is 5.32 Å². The van der Waals surface area contributed by atoms with Gasteiger partial charge in [0.15, 0.2) is 11.4 Å². The lowest BCUT2D eigenvalue weighted by Gasteiger charge is -2.18. The average molecular weight is 402 g/mol. The maximum atomic E-state index is 6.08. The van der Waals surface area contributed by atoms with Gasteiger partial charge in [-0.2, -0.15) is 0 Å². The predicted molar refractivity (Wildman–Crippen MR) is 119 cm³/mol. The smallest absolute Gasteiger partial charge is 0.218 e. The Morgan fingerprint density at radius 2 is 1.73 bits per heavy atom. The first kappa shape index (κ1) is 20.0. The summed E-state index contributed by atoms with van der Waals surface area (Å²) in [5.74, 6) is 1.43. The SMILES string of the molecule is CCCCCC(Nc1nnnc(-c2ccccc2)c1CC)c1nc2ccccc2o1. The summed E-state index contributed by atoms with van der Waals surface area (Å²) in [5.41, 5.74) is 4.62. The second-order valence-corrected chi connectivity index (χ2v) is 7.40. The van der Waals surface area contributed by atoms with Crippen LogP contribution in [0.4, 0.5) is 5.82 Å². The second kappa shape index (κ2) is 9.48. The number of fused-ring (bicyclic) bond motifs is 1. The highest BCUT2D eigenvalue weighted by molar-refractivity contribution is 5.72. The van der Waals surface area contributed by atoms with Crippen molar-refractivity contribution in [3.8, 4) is 11.3 Å². The fourth-order valence-electron chi connectivity index (χ4n) is 3.68. The van der Waals surface area contributed by atoms with Crippen molar-refractivity contribution in [1.82, 2.24) is 20.4 Å². The molecule has 154 valence electrons. The van der Waals surface area contributed by atoms with E-state index in [1.54, 1.807) is 0 Å². The normalized spacial score (nSPS) is 12.2. The van der Waals surface area contributed by atoms with Gasteiger partial charge in [-0.3, -0.25) is 0 Å². The Kier molecular flexibility index (Phi) is 6.32. The molecule has 0 radical (unpaired) electrons. The summed E-state index contributed by atoms with van der Waals surface area (Å²) in [5, 5.41) is 16.3. The van der Waals surface area contributed by atoms with Gasteiger partial charge in [0, 0.05) is 11.1 Å². The molecule has 4 aromatic rings. The molecule has 4 rings (SSSR count). The number of hydrogen-bond donors (Lipinski definition) is 1. The van der Waals surface area contributed by atoms with Crippen molar-refractivity contribution >= 4 is 16.9 Å². The Morgan fingerprint density at radius 3 is 2.50 bits per heavy atom. The van der Waals surface area contributed by atoms with E-state index in [1.807, 2.05) is 54.6 Å². The van der Waals surface area contributed by atoms with E-state index >= 15 is 0 Å². The van der Waals surface area contributed by atoms with Gasteiger partial charge in [-0.25, -0.2) is 4.98 Å². The first-order valence-corrected chi connectivity index (χ1v) is 10.7. The molecule has 0 saturated heterocycles. The Bertz CT molecular complexity index is 1060. The molecule has 0 spiro atoms. The fourth-order valence-corrected chi connectivity index (χ4v) is 3.68. The van der Waals surface area contributed by atoms with Crippen LogP contribution in [0, 0.1) is 0 Å². The number of nitrogens with zero attached hydrogens (tertiary/aromatic N) is 4. The van der Waals surface area contributed by atoms with Crippen LogP contribution in [-0.4, -0.2) is 20.4 Å². The molecule has 0 fully saturated rings. The number of hydrogen-bond acceptors (Lipinski definition) is 6. The first-order valence-electron chi connectivity index (χ1n) is 10.7. The molecule has 2 heterocycles. The van der Waals surface area contributed by atoms with Crippen LogP contribution < -0.4 is 5.32 Å². The quantitative estimate of drug-likeness (QED) is 0.348. The lowest BCUT2D eigenvalue weighted by atomic mass is 10.0.